The van der Waals surface area contributed by atoms with E-state index in [9.17, 15) is 23.3 Å². The minimum absolute atomic E-state index is 0.0752. The van der Waals surface area contributed by atoms with Crippen LogP contribution >= 0.6 is 11.6 Å². The van der Waals surface area contributed by atoms with E-state index in [1.165, 1.54) is 30.5 Å². The highest BCUT2D eigenvalue weighted by atomic mass is 35.5. The van der Waals surface area contributed by atoms with Gasteiger partial charge in [0.05, 0.1) is 14.8 Å². The third kappa shape index (κ3) is 4.23. The van der Waals surface area contributed by atoms with Crippen LogP contribution in [-0.2, 0) is 9.84 Å². The summed E-state index contributed by atoms with van der Waals surface area (Å²) in [5.74, 6) is 0.321. The molecule has 1 amide bonds. The van der Waals surface area contributed by atoms with Crippen LogP contribution in [0, 0.1) is 10.1 Å². The minimum atomic E-state index is -3.54. The van der Waals surface area contributed by atoms with Crippen molar-refractivity contribution in [3.05, 3.63) is 57.2 Å². The Bertz CT molecular complexity index is 1020. The van der Waals surface area contributed by atoms with Crippen molar-refractivity contribution in [1.29, 1.82) is 0 Å². The van der Waals surface area contributed by atoms with Crippen LogP contribution in [0.25, 0.3) is 0 Å². The number of anilines is 1. The van der Waals surface area contributed by atoms with Crippen molar-refractivity contribution < 1.29 is 18.1 Å². The largest absolute Gasteiger partial charge is 0.353 e. The Morgan fingerprint density at radius 3 is 2.39 bits per heavy atom. The van der Waals surface area contributed by atoms with Gasteiger partial charge in [-0.25, -0.2) is 13.4 Å². The van der Waals surface area contributed by atoms with Gasteiger partial charge < -0.3 is 9.80 Å². The van der Waals surface area contributed by atoms with Crippen LogP contribution in [0.3, 0.4) is 0 Å². The normalized spacial score (nSPS) is 14.8. The average molecular weight is 425 g/mol. The van der Waals surface area contributed by atoms with Crippen LogP contribution in [-0.4, -0.2) is 61.6 Å². The summed E-state index contributed by atoms with van der Waals surface area (Å²) in [5, 5.41) is 10.8. The number of piperazine rings is 1. The van der Waals surface area contributed by atoms with Crippen molar-refractivity contribution >= 4 is 38.9 Å². The van der Waals surface area contributed by atoms with Gasteiger partial charge in [0, 0.05) is 44.1 Å². The standard InChI is InChI=1S/C17H17ClN4O5S/c1-28(26,27)15-10-12(2-4-14(15)18)17(23)21-8-6-20(7-9-21)16-5-3-13(11-19-16)22(24)25/h2-5,10-11H,6-9H2,1H3. The number of hydrogen-bond donors (Lipinski definition) is 0. The second-order valence-corrected chi connectivity index (χ2v) is 8.72. The number of nitro groups is 1. The van der Waals surface area contributed by atoms with E-state index < -0.39 is 14.8 Å². The molecule has 0 spiro atoms. The number of nitrogens with zero attached hydrogens (tertiary/aromatic N) is 4. The van der Waals surface area contributed by atoms with Crippen LogP contribution in [0.15, 0.2) is 41.4 Å². The molecule has 1 aromatic carbocycles. The molecule has 1 saturated heterocycles. The minimum Gasteiger partial charge on any atom is -0.353 e. The molecule has 0 N–H and O–H groups in total. The molecule has 0 atom stereocenters. The van der Waals surface area contributed by atoms with E-state index in [1.807, 2.05) is 4.90 Å². The van der Waals surface area contributed by atoms with Gasteiger partial charge >= 0.3 is 0 Å². The molecule has 0 aliphatic carbocycles. The molecule has 1 fully saturated rings. The molecule has 9 nitrogen and oxygen atoms in total. The number of carbonyl (C=O) groups is 1. The zero-order valence-electron chi connectivity index (χ0n) is 14.9. The Labute approximate surface area is 166 Å². The van der Waals surface area contributed by atoms with Crippen LogP contribution in [0.2, 0.25) is 5.02 Å². The number of aromatic nitrogens is 1. The zero-order chi connectivity index (χ0) is 20.5. The van der Waals surface area contributed by atoms with E-state index in [0.717, 1.165) is 6.26 Å². The third-order valence-electron chi connectivity index (χ3n) is 4.41. The van der Waals surface area contributed by atoms with E-state index >= 15 is 0 Å². The summed E-state index contributed by atoms with van der Waals surface area (Å²) in [5.41, 5.74) is 0.175. The third-order valence-corrected chi connectivity index (χ3v) is 5.99. The predicted octanol–water partition coefficient (Wildman–Crippen LogP) is 2.01. The first-order chi connectivity index (χ1) is 13.2. The van der Waals surface area contributed by atoms with Gasteiger partial charge in [-0.15, -0.1) is 0 Å². The van der Waals surface area contributed by atoms with Crippen molar-refractivity contribution in [2.24, 2.45) is 0 Å². The van der Waals surface area contributed by atoms with Gasteiger partial charge in [0.15, 0.2) is 9.84 Å². The van der Waals surface area contributed by atoms with Crippen molar-refractivity contribution in [3.63, 3.8) is 0 Å². The summed E-state index contributed by atoms with van der Waals surface area (Å²) in [6.45, 7) is 1.83. The van der Waals surface area contributed by atoms with Crippen LogP contribution in [0.4, 0.5) is 11.5 Å². The molecule has 1 aliphatic rings. The molecular formula is C17H17ClN4O5S. The summed E-state index contributed by atoms with van der Waals surface area (Å²) < 4.78 is 23.6. The lowest BCUT2D eigenvalue weighted by molar-refractivity contribution is -0.385. The number of pyridine rings is 1. The Morgan fingerprint density at radius 2 is 1.86 bits per heavy atom. The molecule has 0 saturated carbocycles. The number of hydrogen-bond acceptors (Lipinski definition) is 7. The van der Waals surface area contributed by atoms with Crippen molar-refractivity contribution in [2.75, 3.05) is 37.3 Å². The molecular weight excluding hydrogens is 408 g/mol. The summed E-state index contributed by atoms with van der Waals surface area (Å²) in [6, 6.07) is 7.17. The van der Waals surface area contributed by atoms with Gasteiger partial charge in [-0.2, -0.15) is 0 Å². The Morgan fingerprint density at radius 1 is 1.18 bits per heavy atom. The van der Waals surface area contributed by atoms with Gasteiger partial charge in [-0.05, 0) is 24.3 Å². The average Bonchev–Trinajstić information content (AvgIpc) is 2.67. The van der Waals surface area contributed by atoms with Crippen molar-refractivity contribution in [1.82, 2.24) is 9.88 Å². The van der Waals surface area contributed by atoms with Crippen LogP contribution in [0.1, 0.15) is 10.4 Å². The second kappa shape index (κ2) is 7.72. The van der Waals surface area contributed by atoms with Gasteiger partial charge in [-0.1, -0.05) is 11.6 Å². The van der Waals surface area contributed by atoms with Crippen LogP contribution < -0.4 is 4.90 Å². The summed E-state index contributed by atoms with van der Waals surface area (Å²) in [4.78, 5) is 30.5. The molecule has 28 heavy (non-hydrogen) atoms. The smallest absolute Gasteiger partial charge is 0.287 e. The maximum absolute atomic E-state index is 12.7. The van der Waals surface area contributed by atoms with E-state index in [4.69, 9.17) is 11.6 Å². The fraction of sp³-hybridized carbons (Fsp3) is 0.294. The Hall–Kier alpha value is -2.72. The van der Waals surface area contributed by atoms with E-state index in [2.05, 4.69) is 4.98 Å². The quantitative estimate of drug-likeness (QED) is 0.544. The van der Waals surface area contributed by atoms with Gasteiger partial charge in [0.1, 0.15) is 12.0 Å². The maximum atomic E-state index is 12.7. The molecule has 2 aromatic rings. The highest BCUT2D eigenvalue weighted by Gasteiger charge is 2.24. The first kappa shape index (κ1) is 20.0. The van der Waals surface area contributed by atoms with Gasteiger partial charge in [-0.3, -0.25) is 14.9 Å². The van der Waals surface area contributed by atoms with Crippen molar-refractivity contribution in [2.45, 2.75) is 4.90 Å². The number of sulfone groups is 1. The molecule has 11 heteroatoms. The van der Waals surface area contributed by atoms with Gasteiger partial charge in [0.2, 0.25) is 0 Å². The maximum Gasteiger partial charge on any atom is 0.287 e. The molecule has 1 aliphatic heterocycles. The topological polar surface area (TPSA) is 114 Å². The number of carbonyl (C=O) groups excluding carboxylic acids is 1. The van der Waals surface area contributed by atoms with Crippen LogP contribution in [0.5, 0.6) is 0 Å². The second-order valence-electron chi connectivity index (χ2n) is 6.33. The molecule has 0 unspecified atom stereocenters. The molecule has 3 rings (SSSR count). The lowest BCUT2D eigenvalue weighted by Crippen LogP contribution is -2.49. The molecule has 148 valence electrons. The monoisotopic (exact) mass is 424 g/mol. The SMILES string of the molecule is CS(=O)(=O)c1cc(C(=O)N2CCN(c3ccc([N+](=O)[O-])cn3)CC2)ccc1Cl. The molecule has 0 bridgehead atoms. The molecule has 2 heterocycles. The summed E-state index contributed by atoms with van der Waals surface area (Å²) in [6.07, 6.45) is 2.24. The number of amides is 1. The van der Waals surface area contributed by atoms with E-state index in [-0.39, 0.29) is 27.1 Å². The predicted molar refractivity (Wildman–Crippen MR) is 104 cm³/mol. The summed E-state index contributed by atoms with van der Waals surface area (Å²) in [7, 11) is -3.54. The van der Waals surface area contributed by atoms with Gasteiger partial charge in [0.25, 0.3) is 11.6 Å². The fourth-order valence-corrected chi connectivity index (χ4v) is 4.22. The first-order valence-electron chi connectivity index (χ1n) is 8.31. The molecule has 1 aromatic heterocycles. The Kier molecular flexibility index (Phi) is 5.52. The Balaban J connectivity index is 1.69. The number of rotatable bonds is 4. The van der Waals surface area contributed by atoms with E-state index in [0.29, 0.717) is 32.0 Å². The number of benzene rings is 1. The first-order valence-corrected chi connectivity index (χ1v) is 10.6. The lowest BCUT2D eigenvalue weighted by atomic mass is 10.2. The van der Waals surface area contributed by atoms with E-state index in [1.54, 1.807) is 11.0 Å². The zero-order valence-corrected chi connectivity index (χ0v) is 16.5. The fourth-order valence-electron chi connectivity index (χ4n) is 2.92. The lowest BCUT2D eigenvalue weighted by Gasteiger charge is -2.35. The molecule has 0 radical (unpaired) electrons. The summed E-state index contributed by atoms with van der Waals surface area (Å²) >= 11 is 5.93. The highest BCUT2D eigenvalue weighted by Crippen LogP contribution is 2.24. The highest BCUT2D eigenvalue weighted by molar-refractivity contribution is 7.90. The van der Waals surface area contributed by atoms with Crippen molar-refractivity contribution in [3.8, 4) is 0 Å². The number of halogens is 1.